The normalized spacial score (nSPS) is 18.1. The second kappa shape index (κ2) is 8.20. The van der Waals surface area contributed by atoms with Gasteiger partial charge in [0, 0.05) is 36.2 Å². The van der Waals surface area contributed by atoms with Gasteiger partial charge in [0.2, 0.25) is 11.8 Å². The van der Waals surface area contributed by atoms with E-state index in [0.29, 0.717) is 36.5 Å². The molecule has 0 aliphatic carbocycles. The maximum absolute atomic E-state index is 12.8. The summed E-state index contributed by atoms with van der Waals surface area (Å²) in [6, 6.07) is 12.7. The summed E-state index contributed by atoms with van der Waals surface area (Å²) in [5.74, 6) is -0.869. The Hall–Kier alpha value is -3.52. The van der Waals surface area contributed by atoms with E-state index in [1.807, 2.05) is 42.6 Å². The molecule has 0 spiro atoms. The molecular formula is C23H20ClN5O3. The number of rotatable bonds is 5. The van der Waals surface area contributed by atoms with Crippen LogP contribution in [0.15, 0.2) is 48.7 Å². The standard InChI is InChI=1S/C23H20ClN5O3/c24-17-4-1-14(2-5-17)10-18-13-28(27-26-18)11-15-3-6-19-16(9-15)12-29(23(19)32)20-7-8-21(30)25-22(20)31/h1-6,9,13,20H,7-8,10-12H2,(H,25,30,31). The van der Waals surface area contributed by atoms with Gasteiger partial charge in [-0.3, -0.25) is 19.7 Å². The molecule has 8 nitrogen and oxygen atoms in total. The first-order chi connectivity index (χ1) is 15.5. The lowest BCUT2D eigenvalue weighted by atomic mass is 10.0. The number of hydrogen-bond acceptors (Lipinski definition) is 5. The van der Waals surface area contributed by atoms with Crippen molar-refractivity contribution in [1.82, 2.24) is 25.2 Å². The van der Waals surface area contributed by atoms with Crippen LogP contribution in [0.5, 0.6) is 0 Å². The van der Waals surface area contributed by atoms with E-state index in [1.165, 1.54) is 0 Å². The van der Waals surface area contributed by atoms with Gasteiger partial charge in [-0.25, -0.2) is 4.68 Å². The van der Waals surface area contributed by atoms with E-state index in [1.54, 1.807) is 15.6 Å². The van der Waals surface area contributed by atoms with Crippen LogP contribution in [0.25, 0.3) is 0 Å². The van der Waals surface area contributed by atoms with Gasteiger partial charge in [-0.2, -0.15) is 0 Å². The molecule has 3 heterocycles. The van der Waals surface area contributed by atoms with Crippen molar-refractivity contribution in [2.45, 2.75) is 38.4 Å². The SMILES string of the molecule is O=C1CCC(N2Cc3cc(Cn4cc(Cc5ccc(Cl)cc5)nn4)ccc3C2=O)C(=O)N1. The van der Waals surface area contributed by atoms with Crippen LogP contribution >= 0.6 is 11.6 Å². The number of halogens is 1. The summed E-state index contributed by atoms with van der Waals surface area (Å²) in [7, 11) is 0. The first-order valence-corrected chi connectivity index (χ1v) is 10.7. The fourth-order valence-corrected chi connectivity index (χ4v) is 4.35. The van der Waals surface area contributed by atoms with Crippen molar-refractivity contribution in [1.29, 1.82) is 0 Å². The Morgan fingerprint density at radius 2 is 1.84 bits per heavy atom. The second-order valence-electron chi connectivity index (χ2n) is 8.10. The first kappa shape index (κ1) is 20.4. The van der Waals surface area contributed by atoms with Crippen LogP contribution in [-0.2, 0) is 29.1 Å². The monoisotopic (exact) mass is 449 g/mol. The molecule has 3 aromatic rings. The van der Waals surface area contributed by atoms with Gasteiger partial charge in [0.25, 0.3) is 5.91 Å². The van der Waals surface area contributed by atoms with E-state index in [4.69, 9.17) is 11.6 Å². The third-order valence-corrected chi connectivity index (χ3v) is 6.07. The zero-order chi connectivity index (χ0) is 22.2. The molecule has 162 valence electrons. The molecule has 1 N–H and O–H groups in total. The molecule has 3 amide bonds. The molecule has 0 radical (unpaired) electrons. The Balaban J connectivity index is 1.27. The van der Waals surface area contributed by atoms with Crippen LogP contribution in [0, 0.1) is 0 Å². The highest BCUT2D eigenvalue weighted by atomic mass is 35.5. The second-order valence-corrected chi connectivity index (χ2v) is 8.54. The number of piperidine rings is 1. The summed E-state index contributed by atoms with van der Waals surface area (Å²) in [6.07, 6.45) is 3.17. The van der Waals surface area contributed by atoms with Gasteiger partial charge in [-0.1, -0.05) is 41.1 Å². The minimum atomic E-state index is -0.609. The Kier molecular flexibility index (Phi) is 5.22. The molecule has 1 atom stereocenters. The van der Waals surface area contributed by atoms with Crippen LogP contribution < -0.4 is 5.32 Å². The summed E-state index contributed by atoms with van der Waals surface area (Å²) in [6.45, 7) is 0.876. The fourth-order valence-electron chi connectivity index (χ4n) is 4.22. The molecule has 2 aliphatic rings. The van der Waals surface area contributed by atoms with E-state index in [2.05, 4.69) is 15.6 Å². The van der Waals surface area contributed by atoms with Crippen LogP contribution in [0.1, 0.15) is 45.6 Å². The highest BCUT2D eigenvalue weighted by molar-refractivity contribution is 6.30. The zero-order valence-corrected chi connectivity index (χ0v) is 17.9. The Morgan fingerprint density at radius 3 is 2.62 bits per heavy atom. The van der Waals surface area contributed by atoms with E-state index in [-0.39, 0.29) is 18.2 Å². The Bertz CT molecular complexity index is 1220. The number of fused-ring (bicyclic) bond motifs is 1. The molecule has 32 heavy (non-hydrogen) atoms. The molecule has 1 fully saturated rings. The van der Waals surface area contributed by atoms with Crippen molar-refractivity contribution in [3.8, 4) is 0 Å². The average Bonchev–Trinajstić information content (AvgIpc) is 3.33. The molecule has 1 unspecified atom stereocenters. The molecular weight excluding hydrogens is 430 g/mol. The number of nitrogens with one attached hydrogen (secondary N) is 1. The average molecular weight is 450 g/mol. The third-order valence-electron chi connectivity index (χ3n) is 5.82. The van der Waals surface area contributed by atoms with Gasteiger partial charge in [0.15, 0.2) is 0 Å². The maximum Gasteiger partial charge on any atom is 0.255 e. The number of amides is 3. The zero-order valence-electron chi connectivity index (χ0n) is 17.1. The van der Waals surface area contributed by atoms with Crippen molar-refractivity contribution < 1.29 is 14.4 Å². The number of imide groups is 1. The van der Waals surface area contributed by atoms with Gasteiger partial charge < -0.3 is 4.90 Å². The van der Waals surface area contributed by atoms with Gasteiger partial charge in [0.1, 0.15) is 6.04 Å². The number of benzene rings is 2. The van der Waals surface area contributed by atoms with Crippen molar-refractivity contribution in [3.05, 3.63) is 81.6 Å². The van der Waals surface area contributed by atoms with Crippen LogP contribution in [0.2, 0.25) is 5.02 Å². The van der Waals surface area contributed by atoms with E-state index in [9.17, 15) is 14.4 Å². The summed E-state index contributed by atoms with van der Waals surface area (Å²) in [5, 5.41) is 11.5. The fraction of sp³-hybridized carbons (Fsp3) is 0.261. The third kappa shape index (κ3) is 4.01. The molecule has 5 rings (SSSR count). The molecule has 2 aliphatic heterocycles. The smallest absolute Gasteiger partial charge is 0.255 e. The number of aromatic nitrogens is 3. The van der Waals surface area contributed by atoms with E-state index >= 15 is 0 Å². The van der Waals surface area contributed by atoms with Crippen LogP contribution in [-0.4, -0.2) is 43.7 Å². The van der Waals surface area contributed by atoms with Gasteiger partial charge in [0.05, 0.1) is 12.2 Å². The first-order valence-electron chi connectivity index (χ1n) is 10.4. The van der Waals surface area contributed by atoms with Crippen molar-refractivity contribution in [2.75, 3.05) is 0 Å². The minimum absolute atomic E-state index is 0.174. The summed E-state index contributed by atoms with van der Waals surface area (Å²) in [4.78, 5) is 38.0. The quantitative estimate of drug-likeness (QED) is 0.603. The molecule has 1 aromatic heterocycles. The molecule has 1 saturated heterocycles. The van der Waals surface area contributed by atoms with E-state index in [0.717, 1.165) is 22.4 Å². The lowest BCUT2D eigenvalue weighted by Crippen LogP contribution is -2.52. The molecule has 0 bridgehead atoms. The van der Waals surface area contributed by atoms with Crippen molar-refractivity contribution >= 4 is 29.3 Å². The largest absolute Gasteiger partial charge is 0.322 e. The predicted molar refractivity (Wildman–Crippen MR) is 116 cm³/mol. The highest BCUT2D eigenvalue weighted by Gasteiger charge is 2.39. The predicted octanol–water partition coefficient (Wildman–Crippen LogP) is 2.33. The summed E-state index contributed by atoms with van der Waals surface area (Å²) >= 11 is 5.93. The molecule has 0 saturated carbocycles. The Morgan fingerprint density at radius 1 is 1.06 bits per heavy atom. The maximum atomic E-state index is 12.8. The minimum Gasteiger partial charge on any atom is -0.322 e. The Labute approximate surface area is 189 Å². The van der Waals surface area contributed by atoms with Crippen molar-refractivity contribution in [2.24, 2.45) is 0 Å². The van der Waals surface area contributed by atoms with Crippen molar-refractivity contribution in [3.63, 3.8) is 0 Å². The number of carbonyl (C=O) groups is 3. The number of nitrogens with zero attached hydrogens (tertiary/aromatic N) is 4. The van der Waals surface area contributed by atoms with E-state index < -0.39 is 11.9 Å². The topological polar surface area (TPSA) is 97.2 Å². The number of carbonyl (C=O) groups excluding carboxylic acids is 3. The molecule has 2 aromatic carbocycles. The van der Waals surface area contributed by atoms with Crippen LogP contribution in [0.3, 0.4) is 0 Å². The van der Waals surface area contributed by atoms with Gasteiger partial charge >= 0.3 is 0 Å². The number of hydrogen-bond donors (Lipinski definition) is 1. The highest BCUT2D eigenvalue weighted by Crippen LogP contribution is 2.28. The summed E-state index contributed by atoms with van der Waals surface area (Å²) < 4.78 is 1.77. The molecule has 9 heteroatoms. The summed E-state index contributed by atoms with van der Waals surface area (Å²) in [5.41, 5.74) is 4.42. The van der Waals surface area contributed by atoms with Gasteiger partial charge in [-0.05, 0) is 41.3 Å². The van der Waals surface area contributed by atoms with Crippen LogP contribution in [0.4, 0.5) is 0 Å². The lowest BCUT2D eigenvalue weighted by molar-refractivity contribution is -0.136. The lowest BCUT2D eigenvalue weighted by Gasteiger charge is -2.29. The van der Waals surface area contributed by atoms with Gasteiger partial charge in [-0.15, -0.1) is 5.10 Å².